The van der Waals surface area contributed by atoms with Gasteiger partial charge in [0.1, 0.15) is 11.9 Å². The van der Waals surface area contributed by atoms with E-state index in [9.17, 15) is 14.0 Å². The number of nitrogens with zero attached hydrogens (tertiary/aromatic N) is 1. The average molecular weight is 513 g/mol. The highest BCUT2D eigenvalue weighted by Gasteiger charge is 2.30. The number of amides is 2. The number of nitrogens with one attached hydrogen (secondary N) is 1. The third-order valence-electron chi connectivity index (χ3n) is 5.38. The summed E-state index contributed by atoms with van der Waals surface area (Å²) in [5, 5.41) is 3.64. The number of hydrogen-bond acceptors (Lipinski definition) is 3. The Kier molecular flexibility index (Phi) is 10.2. The van der Waals surface area contributed by atoms with Crippen LogP contribution in [0.2, 0.25) is 5.02 Å². The fraction of sp³-hybridized carbons (Fsp3) is 0.286. The van der Waals surface area contributed by atoms with Crippen molar-refractivity contribution in [2.45, 2.75) is 44.6 Å². The minimum Gasteiger partial charge on any atom is -0.352 e. The Morgan fingerprint density at radius 1 is 0.914 bits per heavy atom. The molecule has 0 saturated carbocycles. The minimum absolute atomic E-state index is 0.0668. The van der Waals surface area contributed by atoms with Gasteiger partial charge in [0.2, 0.25) is 11.8 Å². The van der Waals surface area contributed by atoms with Crippen LogP contribution < -0.4 is 5.32 Å². The average Bonchev–Trinajstić information content (AvgIpc) is 2.84. The van der Waals surface area contributed by atoms with Crippen molar-refractivity contribution in [1.82, 2.24) is 10.2 Å². The van der Waals surface area contributed by atoms with Crippen LogP contribution in [0, 0.1) is 5.82 Å². The second-order valence-corrected chi connectivity index (χ2v) is 10.1. The van der Waals surface area contributed by atoms with Crippen LogP contribution in [0.1, 0.15) is 30.5 Å². The van der Waals surface area contributed by atoms with Crippen LogP contribution in [0.4, 0.5) is 4.39 Å². The highest BCUT2D eigenvalue weighted by molar-refractivity contribution is 7.99. The molecule has 0 spiro atoms. The van der Waals surface area contributed by atoms with Crippen LogP contribution in [-0.2, 0) is 28.3 Å². The molecule has 0 aliphatic carbocycles. The number of halogens is 2. The molecule has 0 bridgehead atoms. The molecule has 0 aromatic heterocycles. The van der Waals surface area contributed by atoms with Gasteiger partial charge in [-0.15, -0.1) is 11.8 Å². The molecular formula is C28H30ClFN2O2S. The van der Waals surface area contributed by atoms with Crippen LogP contribution in [0.3, 0.4) is 0 Å². The Balaban J connectivity index is 1.83. The van der Waals surface area contributed by atoms with Gasteiger partial charge in [0, 0.05) is 29.8 Å². The lowest BCUT2D eigenvalue weighted by molar-refractivity contribution is -0.139. The largest absolute Gasteiger partial charge is 0.352 e. The predicted molar refractivity (Wildman–Crippen MR) is 142 cm³/mol. The standard InChI is InChI=1S/C28H30ClFN2O2S/c1-20(2)31-28(34)26(16-21-6-4-3-5-7-21)32(17-22-10-14-25(30)15-11-22)27(33)19-35-18-23-8-12-24(29)13-9-23/h3-15,20,26H,16-19H2,1-2H3,(H,31,34). The molecule has 2 amide bonds. The third kappa shape index (κ3) is 8.71. The first kappa shape index (κ1) is 26.8. The van der Waals surface area contributed by atoms with E-state index in [4.69, 9.17) is 11.6 Å². The van der Waals surface area contributed by atoms with Crippen molar-refractivity contribution in [3.8, 4) is 0 Å². The van der Waals surface area contributed by atoms with E-state index in [2.05, 4.69) is 5.32 Å². The lowest BCUT2D eigenvalue weighted by Crippen LogP contribution is -2.52. The summed E-state index contributed by atoms with van der Waals surface area (Å²) >= 11 is 7.45. The summed E-state index contributed by atoms with van der Waals surface area (Å²) in [7, 11) is 0. The molecule has 1 N–H and O–H groups in total. The lowest BCUT2D eigenvalue weighted by atomic mass is 10.0. The maximum Gasteiger partial charge on any atom is 0.243 e. The van der Waals surface area contributed by atoms with Crippen molar-refractivity contribution in [3.05, 3.63) is 106 Å². The molecule has 3 rings (SSSR count). The topological polar surface area (TPSA) is 49.4 Å². The Hall–Kier alpha value is -2.83. The Morgan fingerprint density at radius 2 is 1.54 bits per heavy atom. The van der Waals surface area contributed by atoms with Crippen LogP contribution in [0.5, 0.6) is 0 Å². The first-order chi connectivity index (χ1) is 16.8. The van der Waals surface area contributed by atoms with Gasteiger partial charge in [-0.2, -0.15) is 0 Å². The molecule has 3 aromatic rings. The van der Waals surface area contributed by atoms with E-state index in [-0.39, 0.29) is 36.0 Å². The fourth-order valence-electron chi connectivity index (χ4n) is 3.64. The van der Waals surface area contributed by atoms with Gasteiger partial charge in [0.05, 0.1) is 5.75 Å². The summed E-state index contributed by atoms with van der Waals surface area (Å²) in [5.74, 6) is 0.164. The normalized spacial score (nSPS) is 11.8. The molecule has 1 atom stereocenters. The van der Waals surface area contributed by atoms with E-state index in [0.717, 1.165) is 16.7 Å². The maximum atomic E-state index is 13.5. The van der Waals surface area contributed by atoms with Crippen LogP contribution in [0.25, 0.3) is 0 Å². The first-order valence-electron chi connectivity index (χ1n) is 11.5. The van der Waals surface area contributed by atoms with Crippen LogP contribution >= 0.6 is 23.4 Å². The first-order valence-corrected chi connectivity index (χ1v) is 13.1. The summed E-state index contributed by atoms with van der Waals surface area (Å²) in [5.41, 5.74) is 2.79. The zero-order valence-corrected chi connectivity index (χ0v) is 21.5. The van der Waals surface area contributed by atoms with Gasteiger partial charge in [-0.05, 0) is 54.8 Å². The van der Waals surface area contributed by atoms with E-state index in [1.54, 1.807) is 17.0 Å². The Morgan fingerprint density at radius 3 is 2.17 bits per heavy atom. The Labute approximate surface area is 215 Å². The second kappa shape index (κ2) is 13.3. The minimum atomic E-state index is -0.700. The van der Waals surface area contributed by atoms with Crippen molar-refractivity contribution in [2.24, 2.45) is 0 Å². The van der Waals surface area contributed by atoms with Gasteiger partial charge in [0.15, 0.2) is 0 Å². The van der Waals surface area contributed by atoms with E-state index in [0.29, 0.717) is 17.2 Å². The van der Waals surface area contributed by atoms with Crippen molar-refractivity contribution < 1.29 is 14.0 Å². The Bertz CT molecular complexity index is 1090. The van der Waals surface area contributed by atoms with Gasteiger partial charge in [-0.25, -0.2) is 4.39 Å². The highest BCUT2D eigenvalue weighted by Crippen LogP contribution is 2.20. The number of benzene rings is 3. The number of carbonyl (C=O) groups excluding carboxylic acids is 2. The highest BCUT2D eigenvalue weighted by atomic mass is 35.5. The van der Waals surface area contributed by atoms with Crippen LogP contribution in [0.15, 0.2) is 78.9 Å². The molecular weight excluding hydrogens is 483 g/mol. The van der Waals surface area contributed by atoms with Crippen molar-refractivity contribution in [1.29, 1.82) is 0 Å². The zero-order chi connectivity index (χ0) is 25.2. The summed E-state index contributed by atoms with van der Waals surface area (Å²) in [6.07, 6.45) is 0.383. The SMILES string of the molecule is CC(C)NC(=O)C(Cc1ccccc1)N(Cc1ccc(F)cc1)C(=O)CSCc1ccc(Cl)cc1. The van der Waals surface area contributed by atoms with Gasteiger partial charge in [-0.1, -0.05) is 66.2 Å². The van der Waals surface area contributed by atoms with Crippen LogP contribution in [-0.4, -0.2) is 34.6 Å². The lowest BCUT2D eigenvalue weighted by Gasteiger charge is -2.32. The molecule has 0 saturated heterocycles. The van der Waals surface area contributed by atoms with E-state index in [1.165, 1.54) is 23.9 Å². The molecule has 0 fully saturated rings. The van der Waals surface area contributed by atoms with Crippen molar-refractivity contribution in [2.75, 3.05) is 5.75 Å². The van der Waals surface area contributed by atoms with E-state index < -0.39 is 6.04 Å². The van der Waals surface area contributed by atoms with Gasteiger partial charge < -0.3 is 10.2 Å². The number of carbonyl (C=O) groups is 2. The summed E-state index contributed by atoms with van der Waals surface area (Å²) < 4.78 is 13.5. The maximum absolute atomic E-state index is 13.5. The molecule has 3 aromatic carbocycles. The molecule has 0 aliphatic heterocycles. The van der Waals surface area contributed by atoms with E-state index in [1.807, 2.05) is 68.4 Å². The number of hydrogen-bond donors (Lipinski definition) is 1. The quantitative estimate of drug-likeness (QED) is 0.349. The van der Waals surface area contributed by atoms with Gasteiger partial charge >= 0.3 is 0 Å². The predicted octanol–water partition coefficient (Wildman–Crippen LogP) is 5.88. The van der Waals surface area contributed by atoms with Crippen molar-refractivity contribution in [3.63, 3.8) is 0 Å². The molecule has 4 nitrogen and oxygen atoms in total. The molecule has 1 unspecified atom stereocenters. The smallest absolute Gasteiger partial charge is 0.243 e. The van der Waals surface area contributed by atoms with Crippen molar-refractivity contribution >= 4 is 35.2 Å². The zero-order valence-electron chi connectivity index (χ0n) is 19.9. The number of thioether (sulfide) groups is 1. The van der Waals surface area contributed by atoms with Gasteiger partial charge in [-0.3, -0.25) is 9.59 Å². The fourth-order valence-corrected chi connectivity index (χ4v) is 4.64. The molecule has 0 radical (unpaired) electrons. The molecule has 0 heterocycles. The molecule has 7 heteroatoms. The van der Waals surface area contributed by atoms with Gasteiger partial charge in [0.25, 0.3) is 0 Å². The number of rotatable bonds is 11. The molecule has 0 aliphatic rings. The monoisotopic (exact) mass is 512 g/mol. The summed E-state index contributed by atoms with van der Waals surface area (Å²) in [4.78, 5) is 28.4. The second-order valence-electron chi connectivity index (χ2n) is 8.64. The molecule has 184 valence electrons. The summed E-state index contributed by atoms with van der Waals surface area (Å²) in [6, 6.07) is 22.4. The van der Waals surface area contributed by atoms with E-state index >= 15 is 0 Å². The summed E-state index contributed by atoms with van der Waals surface area (Å²) in [6.45, 7) is 4.00. The molecule has 35 heavy (non-hydrogen) atoms. The third-order valence-corrected chi connectivity index (χ3v) is 6.62.